The number of pyridine rings is 1. The molecule has 3 heterocycles. The highest BCUT2D eigenvalue weighted by atomic mass is 32.1. The van der Waals surface area contributed by atoms with E-state index in [0.29, 0.717) is 6.04 Å². The molecule has 2 fully saturated rings. The molecule has 2 saturated heterocycles. The number of fused-ring (bicyclic) bond motifs is 1. The molecule has 2 aliphatic rings. The summed E-state index contributed by atoms with van der Waals surface area (Å²) in [7, 11) is 0. The van der Waals surface area contributed by atoms with Crippen LogP contribution in [0.4, 0.5) is 5.82 Å². The van der Waals surface area contributed by atoms with Crippen LogP contribution in [0.1, 0.15) is 50.7 Å². The molecule has 34 heavy (non-hydrogen) atoms. The number of aromatic nitrogens is 1. The molecule has 0 unspecified atom stereocenters. The summed E-state index contributed by atoms with van der Waals surface area (Å²) in [6, 6.07) is 9.70. The molecule has 0 radical (unpaired) electrons. The van der Waals surface area contributed by atoms with Crippen LogP contribution >= 0.6 is 12.2 Å². The van der Waals surface area contributed by atoms with E-state index >= 15 is 0 Å². The van der Waals surface area contributed by atoms with Gasteiger partial charge in [0, 0.05) is 50.6 Å². The number of thiocarbonyl (C=S) groups is 1. The van der Waals surface area contributed by atoms with Crippen molar-refractivity contribution in [2.75, 3.05) is 63.8 Å². The number of nitrogens with one attached hydrogen (secondary N) is 1. The average Bonchev–Trinajstić information content (AvgIpc) is 3.36. The summed E-state index contributed by atoms with van der Waals surface area (Å²) in [4.78, 5) is 13.8. The third kappa shape index (κ3) is 6.75. The number of nitrogens with zero attached hydrogens (tertiary/aromatic N) is 4. The van der Waals surface area contributed by atoms with Gasteiger partial charge in [-0.15, -0.1) is 0 Å². The fourth-order valence-electron chi connectivity index (χ4n) is 5.44. The first-order valence-electron chi connectivity index (χ1n) is 13.4. The Morgan fingerprint density at radius 2 is 1.94 bits per heavy atom. The SMILES string of the molecule is CCN(CC)CCCC(=S)Cc1ccc2nc(N3CCN(C[C@@H]4CCCN4)CC3)cc(C)c2c1. The summed E-state index contributed by atoms with van der Waals surface area (Å²) in [5.74, 6) is 1.13. The molecule has 0 spiro atoms. The van der Waals surface area contributed by atoms with Crippen LogP contribution in [0, 0.1) is 6.92 Å². The van der Waals surface area contributed by atoms with Crippen molar-refractivity contribution in [2.24, 2.45) is 0 Å². The Labute approximate surface area is 211 Å². The van der Waals surface area contributed by atoms with Gasteiger partial charge in [0.25, 0.3) is 0 Å². The zero-order chi connectivity index (χ0) is 23.9. The molecule has 6 heteroatoms. The standard InChI is InChI=1S/C28H43N5S/c1-4-31(5-2)13-7-9-25(34)19-23-10-11-27-26(20-23)22(3)18-28(30-27)33-16-14-32(15-17-33)21-24-8-6-12-29-24/h10-11,18,20,24,29H,4-9,12-17,19,21H2,1-3H3/t24-/m0/s1. The Bertz CT molecular complexity index is 943. The van der Waals surface area contributed by atoms with Crippen LogP contribution in [0.3, 0.4) is 0 Å². The number of rotatable bonds is 11. The van der Waals surface area contributed by atoms with E-state index in [9.17, 15) is 0 Å². The van der Waals surface area contributed by atoms with Crippen LogP contribution in [0.2, 0.25) is 0 Å². The van der Waals surface area contributed by atoms with Crippen molar-refractivity contribution < 1.29 is 0 Å². The first kappa shape index (κ1) is 25.5. The van der Waals surface area contributed by atoms with Gasteiger partial charge in [0.15, 0.2) is 0 Å². The largest absolute Gasteiger partial charge is 0.354 e. The van der Waals surface area contributed by atoms with E-state index in [0.717, 1.165) is 76.4 Å². The van der Waals surface area contributed by atoms with Gasteiger partial charge < -0.3 is 15.1 Å². The number of anilines is 1. The van der Waals surface area contributed by atoms with E-state index in [1.807, 2.05) is 0 Å². The minimum atomic E-state index is 0.692. The highest BCUT2D eigenvalue weighted by Gasteiger charge is 2.23. The van der Waals surface area contributed by atoms with E-state index in [2.05, 4.69) is 65.1 Å². The predicted molar refractivity (Wildman–Crippen MR) is 149 cm³/mol. The van der Waals surface area contributed by atoms with Gasteiger partial charge in [0.1, 0.15) is 5.82 Å². The van der Waals surface area contributed by atoms with Crippen molar-refractivity contribution in [3.8, 4) is 0 Å². The van der Waals surface area contributed by atoms with Gasteiger partial charge in [-0.1, -0.05) is 32.1 Å². The van der Waals surface area contributed by atoms with Crippen LogP contribution in [0.15, 0.2) is 24.3 Å². The molecule has 0 saturated carbocycles. The topological polar surface area (TPSA) is 34.6 Å². The lowest BCUT2D eigenvalue weighted by atomic mass is 10.0. The second-order valence-electron chi connectivity index (χ2n) is 10.1. The zero-order valence-electron chi connectivity index (χ0n) is 21.5. The maximum absolute atomic E-state index is 5.73. The van der Waals surface area contributed by atoms with Crippen molar-refractivity contribution in [2.45, 2.75) is 58.9 Å². The quantitative estimate of drug-likeness (QED) is 0.478. The minimum absolute atomic E-state index is 0.692. The van der Waals surface area contributed by atoms with Crippen molar-refractivity contribution in [1.29, 1.82) is 0 Å². The predicted octanol–water partition coefficient (Wildman–Crippen LogP) is 4.45. The zero-order valence-corrected chi connectivity index (χ0v) is 22.3. The monoisotopic (exact) mass is 481 g/mol. The molecule has 4 rings (SSSR count). The number of hydrogen-bond acceptors (Lipinski definition) is 6. The van der Waals surface area contributed by atoms with Crippen molar-refractivity contribution in [1.82, 2.24) is 20.1 Å². The van der Waals surface area contributed by atoms with Gasteiger partial charge in [0.05, 0.1) is 5.52 Å². The molecule has 5 nitrogen and oxygen atoms in total. The highest BCUT2D eigenvalue weighted by molar-refractivity contribution is 7.80. The Balaban J connectivity index is 1.33. The molecule has 1 atom stereocenters. The van der Waals surface area contributed by atoms with Crippen LogP contribution in [-0.4, -0.2) is 84.6 Å². The van der Waals surface area contributed by atoms with E-state index in [1.165, 1.54) is 47.3 Å². The third-order valence-corrected chi connectivity index (χ3v) is 7.98. The highest BCUT2D eigenvalue weighted by Crippen LogP contribution is 2.25. The van der Waals surface area contributed by atoms with E-state index in [1.54, 1.807) is 0 Å². The molecule has 1 aromatic heterocycles. The van der Waals surface area contributed by atoms with Crippen LogP contribution in [-0.2, 0) is 6.42 Å². The van der Waals surface area contributed by atoms with Crippen molar-refractivity contribution in [3.63, 3.8) is 0 Å². The van der Waals surface area contributed by atoms with Gasteiger partial charge in [-0.2, -0.15) is 0 Å². The van der Waals surface area contributed by atoms with Crippen LogP contribution in [0.25, 0.3) is 10.9 Å². The van der Waals surface area contributed by atoms with Gasteiger partial charge in [0.2, 0.25) is 0 Å². The summed E-state index contributed by atoms with van der Waals surface area (Å²) < 4.78 is 0. The molecule has 1 N–H and O–H groups in total. The lowest BCUT2D eigenvalue weighted by Crippen LogP contribution is -2.50. The fourth-order valence-corrected chi connectivity index (χ4v) is 5.75. The maximum atomic E-state index is 5.73. The van der Waals surface area contributed by atoms with Crippen molar-refractivity contribution in [3.05, 3.63) is 35.4 Å². The van der Waals surface area contributed by atoms with Gasteiger partial charge in [-0.3, -0.25) is 4.90 Å². The lowest BCUT2D eigenvalue weighted by Gasteiger charge is -2.36. The Morgan fingerprint density at radius 1 is 1.15 bits per heavy atom. The van der Waals surface area contributed by atoms with Gasteiger partial charge in [-0.25, -0.2) is 4.98 Å². The minimum Gasteiger partial charge on any atom is -0.354 e. The Morgan fingerprint density at radius 3 is 2.65 bits per heavy atom. The fraction of sp³-hybridized carbons (Fsp3) is 0.643. The first-order valence-corrected chi connectivity index (χ1v) is 13.8. The number of benzene rings is 1. The summed E-state index contributed by atoms with van der Waals surface area (Å²) in [6.45, 7) is 16.8. The third-order valence-electron chi connectivity index (χ3n) is 7.63. The molecular formula is C28H43N5S. The van der Waals surface area contributed by atoms with E-state index < -0.39 is 0 Å². The number of piperazine rings is 1. The van der Waals surface area contributed by atoms with Crippen LogP contribution < -0.4 is 10.2 Å². The molecule has 0 aliphatic carbocycles. The second-order valence-corrected chi connectivity index (χ2v) is 10.7. The Hall–Kier alpha value is -1.60. The smallest absolute Gasteiger partial charge is 0.129 e. The lowest BCUT2D eigenvalue weighted by molar-refractivity contribution is 0.235. The summed E-state index contributed by atoms with van der Waals surface area (Å²) >= 11 is 5.73. The van der Waals surface area contributed by atoms with Gasteiger partial charge in [-0.05, 0) is 93.0 Å². The molecule has 2 aliphatic heterocycles. The molecular weight excluding hydrogens is 438 g/mol. The van der Waals surface area contributed by atoms with Gasteiger partial charge >= 0.3 is 0 Å². The molecule has 2 aromatic rings. The number of hydrogen-bond donors (Lipinski definition) is 1. The van der Waals surface area contributed by atoms with E-state index in [4.69, 9.17) is 17.2 Å². The molecule has 1 aromatic carbocycles. The summed E-state index contributed by atoms with van der Waals surface area (Å²) in [6.07, 6.45) is 5.73. The van der Waals surface area contributed by atoms with E-state index in [-0.39, 0.29) is 0 Å². The molecule has 0 amide bonds. The normalized spacial score (nSPS) is 19.4. The Kier molecular flexibility index (Phi) is 9.29. The first-order chi connectivity index (χ1) is 16.6. The second kappa shape index (κ2) is 12.4. The molecule has 186 valence electrons. The maximum Gasteiger partial charge on any atom is 0.129 e. The summed E-state index contributed by atoms with van der Waals surface area (Å²) in [5.41, 5.74) is 3.72. The summed E-state index contributed by atoms with van der Waals surface area (Å²) in [5, 5.41) is 4.89. The van der Waals surface area contributed by atoms with Crippen LogP contribution in [0.5, 0.6) is 0 Å². The average molecular weight is 482 g/mol. The molecule has 0 bridgehead atoms. The number of aryl methyl sites for hydroxylation is 1. The van der Waals surface area contributed by atoms with Crippen molar-refractivity contribution >= 4 is 33.8 Å².